The number of rotatable bonds is 9. The molecular weight excluding hydrogens is 582 g/mol. The van der Waals surface area contributed by atoms with Crippen LogP contribution in [0.5, 0.6) is 17.2 Å². The third kappa shape index (κ3) is 8.11. The Bertz CT molecular complexity index is 1540. The summed E-state index contributed by atoms with van der Waals surface area (Å²) in [5, 5.41) is 9.28. The summed E-state index contributed by atoms with van der Waals surface area (Å²) in [6, 6.07) is 10.2. The van der Waals surface area contributed by atoms with Gasteiger partial charge >= 0.3 is 6.03 Å². The van der Waals surface area contributed by atoms with Gasteiger partial charge in [-0.3, -0.25) is 14.6 Å². The monoisotopic (exact) mass is 621 g/mol. The van der Waals surface area contributed by atoms with Crippen LogP contribution in [0.3, 0.4) is 0 Å². The van der Waals surface area contributed by atoms with Gasteiger partial charge in [-0.25, -0.2) is 4.79 Å². The van der Waals surface area contributed by atoms with Crippen LogP contribution in [0.2, 0.25) is 5.02 Å². The van der Waals surface area contributed by atoms with Gasteiger partial charge in [0.25, 0.3) is 5.91 Å². The number of nitrogens with zero attached hydrogens (tertiary/aromatic N) is 2. The molecule has 44 heavy (non-hydrogen) atoms. The molecule has 2 heterocycles. The lowest BCUT2D eigenvalue weighted by atomic mass is 9.90. The summed E-state index contributed by atoms with van der Waals surface area (Å²) in [6.07, 6.45) is 5.83. The first-order valence-corrected chi connectivity index (χ1v) is 15.5. The van der Waals surface area contributed by atoms with Crippen LogP contribution in [-0.2, 0) is 4.79 Å². The van der Waals surface area contributed by atoms with Crippen LogP contribution in [-0.4, -0.2) is 60.5 Å². The molecule has 1 saturated heterocycles. The second-order valence-electron chi connectivity index (χ2n) is 12.7. The van der Waals surface area contributed by atoms with Crippen molar-refractivity contribution >= 4 is 46.0 Å². The SMILES string of the molecule is CNC(=O)c1cc2c(Oc3ccc(NC(=O)NC4CC4)c(Cl)c3)ccnc2cc1OCC1CCN(C(=O)CC(C)(C)C)CC1. The second-order valence-corrected chi connectivity index (χ2v) is 13.1. The lowest BCUT2D eigenvalue weighted by Crippen LogP contribution is -2.41. The fourth-order valence-electron chi connectivity index (χ4n) is 5.15. The van der Waals surface area contributed by atoms with E-state index in [4.69, 9.17) is 21.1 Å². The zero-order valence-corrected chi connectivity index (χ0v) is 26.4. The van der Waals surface area contributed by atoms with Crippen LogP contribution in [0, 0.1) is 11.3 Å². The Kier molecular flexibility index (Phi) is 9.48. The molecule has 3 N–H and O–H groups in total. The molecule has 5 rings (SSSR count). The molecule has 1 aliphatic carbocycles. The molecule has 11 heteroatoms. The highest BCUT2D eigenvalue weighted by Crippen LogP contribution is 2.36. The Balaban J connectivity index is 1.28. The van der Waals surface area contributed by atoms with Gasteiger partial charge in [0.05, 0.1) is 28.4 Å². The van der Waals surface area contributed by atoms with Gasteiger partial charge in [-0.2, -0.15) is 0 Å². The molecule has 0 spiro atoms. The minimum absolute atomic E-state index is 0.0360. The van der Waals surface area contributed by atoms with E-state index in [0.29, 0.717) is 70.5 Å². The number of pyridine rings is 1. The molecule has 0 atom stereocenters. The average Bonchev–Trinajstić information content (AvgIpc) is 3.80. The van der Waals surface area contributed by atoms with E-state index in [1.807, 2.05) is 4.90 Å². The summed E-state index contributed by atoms with van der Waals surface area (Å²) in [5.74, 6) is 1.57. The predicted molar refractivity (Wildman–Crippen MR) is 171 cm³/mol. The molecule has 3 aromatic rings. The highest BCUT2D eigenvalue weighted by Gasteiger charge is 2.27. The van der Waals surface area contributed by atoms with Crippen molar-refractivity contribution in [3.63, 3.8) is 0 Å². The van der Waals surface area contributed by atoms with Gasteiger partial charge in [-0.1, -0.05) is 32.4 Å². The van der Waals surface area contributed by atoms with Gasteiger partial charge in [0.2, 0.25) is 5.91 Å². The molecule has 1 saturated carbocycles. The summed E-state index contributed by atoms with van der Waals surface area (Å²) in [7, 11) is 1.57. The highest BCUT2D eigenvalue weighted by atomic mass is 35.5. The smallest absolute Gasteiger partial charge is 0.319 e. The highest BCUT2D eigenvalue weighted by molar-refractivity contribution is 6.33. The lowest BCUT2D eigenvalue weighted by molar-refractivity contribution is -0.134. The van der Waals surface area contributed by atoms with E-state index in [2.05, 4.69) is 41.7 Å². The van der Waals surface area contributed by atoms with Crippen molar-refractivity contribution in [3.05, 3.63) is 53.2 Å². The van der Waals surface area contributed by atoms with Crippen molar-refractivity contribution < 1.29 is 23.9 Å². The number of carbonyl (C=O) groups excluding carboxylic acids is 3. The number of hydrogen-bond donors (Lipinski definition) is 3. The first-order chi connectivity index (χ1) is 21.0. The number of benzene rings is 2. The van der Waals surface area contributed by atoms with Crippen LogP contribution in [0.25, 0.3) is 10.9 Å². The summed E-state index contributed by atoms with van der Waals surface area (Å²) >= 11 is 6.44. The summed E-state index contributed by atoms with van der Waals surface area (Å²) in [5.41, 5.74) is 1.41. The molecule has 0 bridgehead atoms. The van der Waals surface area contributed by atoms with Gasteiger partial charge < -0.3 is 30.3 Å². The molecule has 2 aromatic carbocycles. The predicted octanol–water partition coefficient (Wildman–Crippen LogP) is 6.38. The van der Waals surface area contributed by atoms with E-state index in [0.717, 1.165) is 25.7 Å². The molecule has 0 unspecified atom stereocenters. The fourth-order valence-corrected chi connectivity index (χ4v) is 5.37. The third-order valence-electron chi connectivity index (χ3n) is 7.73. The fraction of sp³-hybridized carbons (Fsp3) is 0.455. The molecular formula is C33H40ClN5O5. The number of likely N-dealkylation sites (tertiary alicyclic amines) is 1. The van der Waals surface area contributed by atoms with E-state index in [1.54, 1.807) is 49.6 Å². The maximum atomic E-state index is 12.9. The third-order valence-corrected chi connectivity index (χ3v) is 8.04. The Morgan fingerprint density at radius 2 is 1.77 bits per heavy atom. The van der Waals surface area contributed by atoms with Crippen LogP contribution < -0.4 is 25.4 Å². The standard InChI is InChI=1S/C33H40ClN5O5/c1-33(2,3)18-30(40)39-13-10-20(11-14-39)19-43-29-17-27-23(16-24(29)31(41)35-4)28(9-12-36-27)44-22-7-8-26(25(34)15-22)38-32(42)37-21-5-6-21/h7-9,12,15-17,20-21H,5-6,10-11,13-14,18-19H2,1-4H3,(H,35,41)(H2,37,38,42). The van der Waals surface area contributed by atoms with Crippen molar-refractivity contribution in [2.24, 2.45) is 11.3 Å². The maximum Gasteiger partial charge on any atom is 0.319 e. The molecule has 1 aromatic heterocycles. The lowest BCUT2D eigenvalue weighted by Gasteiger charge is -2.33. The first kappa shape index (κ1) is 31.4. The molecule has 2 fully saturated rings. The minimum Gasteiger partial charge on any atom is -0.492 e. The van der Waals surface area contributed by atoms with E-state index < -0.39 is 0 Å². The van der Waals surface area contributed by atoms with Crippen LogP contribution in [0.4, 0.5) is 10.5 Å². The van der Waals surface area contributed by atoms with Crippen molar-refractivity contribution in [3.8, 4) is 17.2 Å². The molecule has 10 nitrogen and oxygen atoms in total. The first-order valence-electron chi connectivity index (χ1n) is 15.1. The average molecular weight is 622 g/mol. The largest absolute Gasteiger partial charge is 0.492 e. The van der Waals surface area contributed by atoms with Crippen LogP contribution >= 0.6 is 11.6 Å². The number of anilines is 1. The summed E-state index contributed by atoms with van der Waals surface area (Å²) < 4.78 is 12.4. The van der Waals surface area contributed by atoms with Crippen molar-refractivity contribution in [2.45, 2.75) is 58.9 Å². The number of piperidine rings is 1. The molecule has 234 valence electrons. The van der Waals surface area contributed by atoms with E-state index in [1.165, 1.54) is 0 Å². The number of urea groups is 1. The number of amides is 4. The van der Waals surface area contributed by atoms with Crippen LogP contribution in [0.15, 0.2) is 42.6 Å². The number of halogens is 1. The van der Waals surface area contributed by atoms with E-state index in [9.17, 15) is 14.4 Å². The Labute approximate surface area is 262 Å². The van der Waals surface area contributed by atoms with Gasteiger partial charge in [-0.05, 0) is 61.3 Å². The van der Waals surface area contributed by atoms with Crippen molar-refractivity contribution in [1.82, 2.24) is 20.5 Å². The Morgan fingerprint density at radius 1 is 1.02 bits per heavy atom. The topological polar surface area (TPSA) is 122 Å². The number of nitrogens with one attached hydrogen (secondary N) is 3. The van der Waals surface area contributed by atoms with Crippen molar-refractivity contribution in [2.75, 3.05) is 32.1 Å². The number of hydrogen-bond acceptors (Lipinski definition) is 6. The normalized spacial score (nSPS) is 15.5. The summed E-state index contributed by atoms with van der Waals surface area (Å²) in [4.78, 5) is 44.1. The van der Waals surface area contributed by atoms with Gasteiger partial charge in [0.1, 0.15) is 17.2 Å². The zero-order valence-electron chi connectivity index (χ0n) is 25.7. The van der Waals surface area contributed by atoms with Crippen molar-refractivity contribution in [1.29, 1.82) is 0 Å². The number of aromatic nitrogens is 1. The Morgan fingerprint density at radius 3 is 2.43 bits per heavy atom. The van der Waals surface area contributed by atoms with Gasteiger partial charge in [0.15, 0.2) is 0 Å². The van der Waals surface area contributed by atoms with Crippen LogP contribution in [0.1, 0.15) is 63.2 Å². The zero-order chi connectivity index (χ0) is 31.4. The molecule has 0 radical (unpaired) electrons. The van der Waals surface area contributed by atoms with Gasteiger partial charge in [-0.15, -0.1) is 0 Å². The second kappa shape index (κ2) is 13.3. The number of ether oxygens (including phenoxy) is 2. The molecule has 2 aliphatic rings. The Hall–Kier alpha value is -4.05. The number of fused-ring (bicyclic) bond motifs is 1. The molecule has 1 aliphatic heterocycles. The maximum absolute atomic E-state index is 12.9. The quantitative estimate of drug-likeness (QED) is 0.255. The molecule has 4 amide bonds. The van der Waals surface area contributed by atoms with E-state index in [-0.39, 0.29) is 35.2 Å². The number of carbonyl (C=O) groups is 3. The van der Waals surface area contributed by atoms with Gasteiger partial charge in [0, 0.05) is 56.3 Å². The van der Waals surface area contributed by atoms with E-state index >= 15 is 0 Å². The minimum atomic E-state index is -0.292. The summed E-state index contributed by atoms with van der Waals surface area (Å²) in [6.45, 7) is 8.08.